The lowest BCUT2D eigenvalue weighted by atomic mass is 10.0. The predicted octanol–water partition coefficient (Wildman–Crippen LogP) is 2.44. The number of nitrogens with zero attached hydrogens (tertiary/aromatic N) is 2. The third kappa shape index (κ3) is 7.26. The van der Waals surface area contributed by atoms with Crippen LogP contribution in [0.15, 0.2) is 91.0 Å². The molecular weight excluding hydrogens is 494 g/mol. The first-order valence-corrected chi connectivity index (χ1v) is 12.4. The van der Waals surface area contributed by atoms with Crippen LogP contribution in [-0.4, -0.2) is 39.3 Å². The first kappa shape index (κ1) is 27.0. The van der Waals surface area contributed by atoms with Gasteiger partial charge in [0, 0.05) is 13.0 Å². The monoisotopic (exact) mass is 523 g/mol. The number of primary amides is 1. The van der Waals surface area contributed by atoms with E-state index < -0.39 is 23.6 Å². The molecule has 198 valence electrons. The number of Topliss-reactive ketones (excluding diaryl/α,β-unsaturated/α-hetero) is 1. The summed E-state index contributed by atoms with van der Waals surface area (Å²) in [5.74, 6) is -2.65. The number of rotatable bonds is 11. The van der Waals surface area contributed by atoms with E-state index in [-0.39, 0.29) is 18.0 Å². The molecule has 0 unspecified atom stereocenters. The van der Waals surface area contributed by atoms with E-state index >= 15 is 0 Å². The smallest absolute Gasteiger partial charge is 0.287 e. The number of carbonyl (C=O) groups excluding carboxylic acids is 4. The van der Waals surface area contributed by atoms with Crippen molar-refractivity contribution < 1.29 is 19.2 Å². The molecule has 4 rings (SSSR count). The zero-order valence-electron chi connectivity index (χ0n) is 21.5. The Kier molecular flexibility index (Phi) is 8.63. The average Bonchev–Trinajstić information content (AvgIpc) is 3.34. The van der Waals surface area contributed by atoms with Gasteiger partial charge in [-0.2, -0.15) is 5.10 Å². The van der Waals surface area contributed by atoms with Gasteiger partial charge in [-0.1, -0.05) is 72.8 Å². The second-order valence-corrected chi connectivity index (χ2v) is 9.13. The van der Waals surface area contributed by atoms with Crippen LogP contribution in [0.5, 0.6) is 0 Å². The number of benzene rings is 3. The summed E-state index contributed by atoms with van der Waals surface area (Å²) in [4.78, 5) is 49.6. The average molecular weight is 524 g/mol. The quantitative estimate of drug-likeness (QED) is 0.260. The molecule has 0 aliphatic heterocycles. The Bertz CT molecular complexity index is 1460. The van der Waals surface area contributed by atoms with Crippen molar-refractivity contribution in [2.45, 2.75) is 32.4 Å². The lowest BCUT2D eigenvalue weighted by Gasteiger charge is -2.17. The van der Waals surface area contributed by atoms with E-state index in [1.165, 1.54) is 4.68 Å². The van der Waals surface area contributed by atoms with Gasteiger partial charge in [0.1, 0.15) is 11.7 Å². The number of hydrogen-bond acceptors (Lipinski definition) is 5. The number of aromatic nitrogens is 2. The zero-order chi connectivity index (χ0) is 27.8. The first-order chi connectivity index (χ1) is 18.8. The third-order valence-corrected chi connectivity index (χ3v) is 6.09. The van der Waals surface area contributed by atoms with Crippen LogP contribution in [0.3, 0.4) is 0 Å². The van der Waals surface area contributed by atoms with E-state index in [1.54, 1.807) is 49.4 Å². The van der Waals surface area contributed by atoms with Gasteiger partial charge in [0.2, 0.25) is 11.7 Å². The van der Waals surface area contributed by atoms with Crippen LogP contribution in [0.25, 0.3) is 5.69 Å². The van der Waals surface area contributed by atoms with Gasteiger partial charge >= 0.3 is 0 Å². The van der Waals surface area contributed by atoms with E-state index in [2.05, 4.69) is 15.7 Å². The fourth-order valence-electron chi connectivity index (χ4n) is 4.12. The molecule has 39 heavy (non-hydrogen) atoms. The fourth-order valence-corrected chi connectivity index (χ4v) is 4.12. The second-order valence-electron chi connectivity index (χ2n) is 9.13. The van der Waals surface area contributed by atoms with Gasteiger partial charge < -0.3 is 16.4 Å². The molecule has 0 bridgehead atoms. The predicted molar refractivity (Wildman–Crippen MR) is 146 cm³/mol. The Hall–Kier alpha value is -5.05. The van der Waals surface area contributed by atoms with E-state index in [0.717, 1.165) is 16.7 Å². The van der Waals surface area contributed by atoms with Crippen LogP contribution in [-0.2, 0) is 33.8 Å². The molecule has 0 saturated carbocycles. The topological polar surface area (TPSA) is 136 Å². The molecule has 9 heteroatoms. The maximum atomic E-state index is 13.3. The van der Waals surface area contributed by atoms with Gasteiger partial charge in [-0.15, -0.1) is 0 Å². The number of ketones is 1. The summed E-state index contributed by atoms with van der Waals surface area (Å²) < 4.78 is 1.47. The van der Waals surface area contributed by atoms with E-state index in [9.17, 15) is 19.2 Å². The highest BCUT2D eigenvalue weighted by molar-refractivity contribution is 6.38. The van der Waals surface area contributed by atoms with Crippen molar-refractivity contribution in [3.8, 4) is 5.69 Å². The molecule has 4 N–H and O–H groups in total. The fraction of sp³-hybridized carbons (Fsp3) is 0.167. The Morgan fingerprint density at radius 1 is 0.846 bits per heavy atom. The molecule has 9 nitrogen and oxygen atoms in total. The van der Waals surface area contributed by atoms with Gasteiger partial charge in [-0.05, 0) is 41.8 Å². The standard InChI is InChI=1S/C30H29N5O4/c1-20-16-26(30(39)33-25(28(37)29(31)38)17-21-8-4-2-5-9-21)35(34-20)24-14-12-23(13-15-24)19-32-27(36)18-22-10-6-3-7-11-22/h2-16,25H,17-19H2,1H3,(H2,31,38)(H,32,36)(H,33,39)/t25-/m0/s1. The maximum absolute atomic E-state index is 13.3. The molecule has 0 aliphatic rings. The van der Waals surface area contributed by atoms with Crippen molar-refractivity contribution in [2.75, 3.05) is 0 Å². The Labute approximate surface area is 226 Å². The highest BCUT2D eigenvalue weighted by Crippen LogP contribution is 2.15. The van der Waals surface area contributed by atoms with Crippen LogP contribution < -0.4 is 16.4 Å². The lowest BCUT2D eigenvalue weighted by molar-refractivity contribution is -0.137. The summed E-state index contributed by atoms with van der Waals surface area (Å²) >= 11 is 0. The van der Waals surface area contributed by atoms with Crippen LogP contribution in [0.1, 0.15) is 32.9 Å². The lowest BCUT2D eigenvalue weighted by Crippen LogP contribution is -2.47. The number of aryl methyl sites for hydroxylation is 1. The van der Waals surface area contributed by atoms with Gasteiger partial charge in [-0.25, -0.2) is 4.68 Å². The molecule has 0 fully saturated rings. The summed E-state index contributed by atoms with van der Waals surface area (Å²) in [6.07, 6.45) is 0.416. The van der Waals surface area contributed by atoms with Crippen molar-refractivity contribution in [3.63, 3.8) is 0 Å². The second kappa shape index (κ2) is 12.5. The molecular formula is C30H29N5O4. The molecule has 1 aromatic heterocycles. The van der Waals surface area contributed by atoms with Crippen molar-refractivity contribution in [2.24, 2.45) is 5.73 Å². The van der Waals surface area contributed by atoms with Gasteiger partial charge in [-0.3, -0.25) is 19.2 Å². The molecule has 0 radical (unpaired) electrons. The van der Waals surface area contributed by atoms with E-state index in [1.807, 2.05) is 48.5 Å². The first-order valence-electron chi connectivity index (χ1n) is 12.4. The summed E-state index contributed by atoms with van der Waals surface area (Å²) in [7, 11) is 0. The molecule has 3 amide bonds. The van der Waals surface area contributed by atoms with E-state index in [4.69, 9.17) is 5.73 Å². The number of carbonyl (C=O) groups is 4. The molecule has 0 spiro atoms. The minimum atomic E-state index is -1.12. The van der Waals surface area contributed by atoms with Crippen molar-refractivity contribution in [1.29, 1.82) is 0 Å². The Morgan fingerprint density at radius 3 is 2.08 bits per heavy atom. The normalized spacial score (nSPS) is 11.4. The van der Waals surface area contributed by atoms with Crippen LogP contribution >= 0.6 is 0 Å². The van der Waals surface area contributed by atoms with Gasteiger partial charge in [0.25, 0.3) is 11.8 Å². The summed E-state index contributed by atoms with van der Waals surface area (Å²) in [5.41, 5.74) is 9.25. The molecule has 0 saturated heterocycles. The van der Waals surface area contributed by atoms with Crippen molar-refractivity contribution in [3.05, 3.63) is 119 Å². The van der Waals surface area contributed by atoms with Crippen LogP contribution in [0.2, 0.25) is 0 Å². The highest BCUT2D eigenvalue weighted by atomic mass is 16.2. The highest BCUT2D eigenvalue weighted by Gasteiger charge is 2.27. The summed E-state index contributed by atoms with van der Waals surface area (Å²) in [6.45, 7) is 2.10. The summed E-state index contributed by atoms with van der Waals surface area (Å²) in [5, 5.41) is 9.99. The van der Waals surface area contributed by atoms with Gasteiger partial charge in [0.15, 0.2) is 0 Å². The zero-order valence-corrected chi connectivity index (χ0v) is 21.5. The van der Waals surface area contributed by atoms with Crippen molar-refractivity contribution >= 4 is 23.5 Å². The van der Waals surface area contributed by atoms with Gasteiger partial charge in [0.05, 0.1) is 17.8 Å². The van der Waals surface area contributed by atoms with Crippen molar-refractivity contribution in [1.82, 2.24) is 20.4 Å². The number of nitrogens with one attached hydrogen (secondary N) is 2. The van der Waals surface area contributed by atoms with Crippen LogP contribution in [0, 0.1) is 6.92 Å². The third-order valence-electron chi connectivity index (χ3n) is 6.09. The maximum Gasteiger partial charge on any atom is 0.287 e. The Balaban J connectivity index is 1.45. The van der Waals surface area contributed by atoms with E-state index in [0.29, 0.717) is 24.3 Å². The number of hydrogen-bond donors (Lipinski definition) is 3. The molecule has 0 aliphatic carbocycles. The minimum absolute atomic E-state index is 0.0810. The molecule has 1 atom stereocenters. The SMILES string of the molecule is Cc1cc(C(=O)N[C@@H](Cc2ccccc2)C(=O)C(N)=O)n(-c2ccc(CNC(=O)Cc3ccccc3)cc2)n1. The minimum Gasteiger partial charge on any atom is -0.363 e. The Morgan fingerprint density at radius 2 is 1.46 bits per heavy atom. The number of nitrogens with two attached hydrogens (primary N) is 1. The van der Waals surface area contributed by atoms with Crippen LogP contribution in [0.4, 0.5) is 0 Å². The molecule has 4 aromatic rings. The molecule has 1 heterocycles. The largest absolute Gasteiger partial charge is 0.363 e. The summed E-state index contributed by atoms with van der Waals surface area (Å²) in [6, 6.07) is 26.3. The number of amides is 3. The molecule has 3 aromatic carbocycles.